The Morgan fingerprint density at radius 3 is 1.73 bits per heavy atom. The highest BCUT2D eigenvalue weighted by Gasteiger charge is 2.65. The van der Waals surface area contributed by atoms with Gasteiger partial charge < -0.3 is 4.74 Å². The lowest BCUT2D eigenvalue weighted by molar-refractivity contribution is 0.306. The van der Waals surface area contributed by atoms with Crippen LogP contribution in [0.15, 0.2) is 53.4 Å². The van der Waals surface area contributed by atoms with E-state index in [1.807, 2.05) is 0 Å². The van der Waals surface area contributed by atoms with Gasteiger partial charge in [-0.3, -0.25) is 0 Å². The number of hydrogen-bond donors (Lipinski definition) is 0. The van der Waals surface area contributed by atoms with Crippen molar-refractivity contribution in [3.05, 3.63) is 59.7 Å². The molecule has 0 heterocycles. The Morgan fingerprint density at radius 2 is 1.27 bits per heavy atom. The molecular formula is C19H19F5OS. The average Bonchev–Trinajstić information content (AvgIpc) is 2.56. The molecule has 0 spiro atoms. The predicted molar refractivity (Wildman–Crippen MR) is 95.3 cm³/mol. The van der Waals surface area contributed by atoms with Crippen molar-refractivity contribution in [1.29, 1.82) is 0 Å². The molecular weight excluding hydrogens is 371 g/mol. The second-order valence-corrected chi connectivity index (χ2v) is 8.23. The first-order valence-electron chi connectivity index (χ1n) is 8.07. The van der Waals surface area contributed by atoms with Crippen LogP contribution in [0.25, 0.3) is 0 Å². The first-order valence-corrected chi connectivity index (χ1v) is 10.0. The highest BCUT2D eigenvalue weighted by molar-refractivity contribution is 8.45. The van der Waals surface area contributed by atoms with Crippen LogP contribution < -0.4 is 4.74 Å². The summed E-state index contributed by atoms with van der Waals surface area (Å²) in [4.78, 5) is -1.92. The molecule has 2 rings (SSSR count). The molecule has 26 heavy (non-hydrogen) atoms. The van der Waals surface area contributed by atoms with E-state index in [9.17, 15) is 19.4 Å². The standard InChI is InChI=1S/C19H19F5OS/c1-2-3-4-15-25-18-11-7-16(8-12-18)5-6-17-9-13-19(14-10-17)26(20,21,22,23)24/h7-14H,2-4,15H2,1H3. The van der Waals surface area contributed by atoms with E-state index in [1.54, 1.807) is 24.3 Å². The molecule has 0 N–H and O–H groups in total. The lowest BCUT2D eigenvalue weighted by atomic mass is 10.2. The molecule has 0 aliphatic carbocycles. The number of hydrogen-bond acceptors (Lipinski definition) is 1. The monoisotopic (exact) mass is 390 g/mol. The Morgan fingerprint density at radius 1 is 0.769 bits per heavy atom. The van der Waals surface area contributed by atoms with Crippen molar-refractivity contribution >= 4 is 10.2 Å². The lowest BCUT2D eigenvalue weighted by Gasteiger charge is -2.40. The van der Waals surface area contributed by atoms with Gasteiger partial charge in [0.25, 0.3) is 0 Å². The van der Waals surface area contributed by atoms with Gasteiger partial charge in [-0.2, -0.15) is 0 Å². The third-order valence-electron chi connectivity index (χ3n) is 3.52. The predicted octanol–water partition coefficient (Wildman–Crippen LogP) is 7.31. The summed E-state index contributed by atoms with van der Waals surface area (Å²) in [6, 6.07) is 9.56. The Labute approximate surface area is 149 Å². The van der Waals surface area contributed by atoms with Gasteiger partial charge in [0.2, 0.25) is 0 Å². The molecule has 1 nitrogen and oxygen atoms in total. The molecule has 0 bridgehead atoms. The van der Waals surface area contributed by atoms with E-state index in [4.69, 9.17) is 4.74 Å². The van der Waals surface area contributed by atoms with E-state index in [0.29, 0.717) is 30.1 Å². The quantitative estimate of drug-likeness (QED) is 0.285. The zero-order chi connectivity index (χ0) is 19.3. The molecule has 2 aromatic rings. The normalized spacial score (nSPS) is 13.9. The number of halogens is 5. The van der Waals surface area contributed by atoms with Gasteiger partial charge in [-0.05, 0) is 55.0 Å². The van der Waals surface area contributed by atoms with Crippen LogP contribution >= 0.6 is 10.2 Å². The van der Waals surface area contributed by atoms with Crippen LogP contribution in [0.3, 0.4) is 0 Å². The smallest absolute Gasteiger partial charge is 0.310 e. The van der Waals surface area contributed by atoms with Gasteiger partial charge >= 0.3 is 10.2 Å². The minimum Gasteiger partial charge on any atom is -0.494 e. The van der Waals surface area contributed by atoms with Crippen LogP contribution in [0.1, 0.15) is 37.3 Å². The van der Waals surface area contributed by atoms with Crippen LogP contribution in [0, 0.1) is 11.8 Å². The van der Waals surface area contributed by atoms with Crippen LogP contribution in [0.2, 0.25) is 0 Å². The second kappa shape index (κ2) is 6.84. The minimum absolute atomic E-state index is 0.218. The maximum Gasteiger partial charge on any atom is 0.310 e. The first-order chi connectivity index (χ1) is 12.0. The molecule has 142 valence electrons. The fourth-order valence-corrected chi connectivity index (χ4v) is 2.77. The van der Waals surface area contributed by atoms with E-state index < -0.39 is 15.1 Å². The van der Waals surface area contributed by atoms with Crippen LogP contribution in [-0.4, -0.2) is 6.61 Å². The van der Waals surface area contributed by atoms with Crippen molar-refractivity contribution < 1.29 is 24.2 Å². The lowest BCUT2D eigenvalue weighted by Crippen LogP contribution is -2.05. The Kier molecular flexibility index (Phi) is 5.29. The third-order valence-corrected chi connectivity index (χ3v) is 4.68. The van der Waals surface area contributed by atoms with Gasteiger partial charge in [0.15, 0.2) is 0 Å². The molecule has 0 unspecified atom stereocenters. The summed E-state index contributed by atoms with van der Waals surface area (Å²) in [5, 5.41) is 0. The molecule has 0 saturated carbocycles. The van der Waals surface area contributed by atoms with Crippen molar-refractivity contribution in [2.75, 3.05) is 6.61 Å². The molecule has 2 aromatic carbocycles. The summed E-state index contributed by atoms with van der Waals surface area (Å²) in [6.45, 7) is 2.74. The molecule has 0 atom stereocenters. The molecule has 0 saturated heterocycles. The van der Waals surface area contributed by atoms with Gasteiger partial charge in [0.1, 0.15) is 10.6 Å². The maximum atomic E-state index is 12.7. The summed E-state index contributed by atoms with van der Waals surface area (Å²) >= 11 is 0. The van der Waals surface area contributed by atoms with Gasteiger partial charge in [-0.25, -0.2) is 0 Å². The third kappa shape index (κ3) is 6.26. The highest BCUT2D eigenvalue weighted by Crippen LogP contribution is 3.02. The number of rotatable bonds is 6. The topological polar surface area (TPSA) is 9.23 Å². The van der Waals surface area contributed by atoms with Gasteiger partial charge in [0, 0.05) is 11.1 Å². The van der Waals surface area contributed by atoms with E-state index in [2.05, 4.69) is 18.8 Å². The van der Waals surface area contributed by atoms with E-state index in [0.717, 1.165) is 31.4 Å². The van der Waals surface area contributed by atoms with Crippen molar-refractivity contribution in [2.24, 2.45) is 0 Å². The molecule has 0 amide bonds. The Balaban J connectivity index is 2.03. The largest absolute Gasteiger partial charge is 0.494 e. The summed E-state index contributed by atoms with van der Waals surface area (Å²) in [5.74, 6) is 6.15. The Hall–Kier alpha value is -2.20. The van der Waals surface area contributed by atoms with E-state index in [1.165, 1.54) is 0 Å². The summed E-state index contributed by atoms with van der Waals surface area (Å²) < 4.78 is 68.8. The van der Waals surface area contributed by atoms with Crippen molar-refractivity contribution in [2.45, 2.75) is 31.1 Å². The zero-order valence-electron chi connectivity index (χ0n) is 14.2. The van der Waals surface area contributed by atoms with Crippen molar-refractivity contribution in [1.82, 2.24) is 0 Å². The summed E-state index contributed by atoms with van der Waals surface area (Å²) in [7, 11) is -9.63. The highest BCUT2D eigenvalue weighted by atomic mass is 32.5. The molecule has 7 heteroatoms. The number of unbranched alkanes of at least 4 members (excludes halogenated alkanes) is 2. The average molecular weight is 390 g/mol. The number of benzene rings is 2. The SMILES string of the molecule is CCCCCOc1ccc(C#Cc2ccc(S(F)(F)(F)(F)F)cc2)cc1. The van der Waals surface area contributed by atoms with Gasteiger partial charge in [-0.1, -0.05) is 51.0 Å². The van der Waals surface area contributed by atoms with E-state index in [-0.39, 0.29) is 5.56 Å². The molecule has 0 fully saturated rings. The molecule has 0 aliphatic heterocycles. The summed E-state index contributed by atoms with van der Waals surface area (Å²) in [6.07, 6.45) is 3.19. The van der Waals surface area contributed by atoms with Crippen molar-refractivity contribution in [3.8, 4) is 17.6 Å². The zero-order valence-corrected chi connectivity index (χ0v) is 15.0. The maximum absolute atomic E-state index is 12.7. The molecule has 0 radical (unpaired) electrons. The van der Waals surface area contributed by atoms with Crippen LogP contribution in [0.4, 0.5) is 19.4 Å². The fraction of sp³-hybridized carbons (Fsp3) is 0.263. The fourth-order valence-electron chi connectivity index (χ4n) is 2.12. The van der Waals surface area contributed by atoms with Gasteiger partial charge in [0.05, 0.1) is 6.61 Å². The van der Waals surface area contributed by atoms with Gasteiger partial charge in [-0.15, -0.1) is 0 Å². The second-order valence-electron chi connectivity index (χ2n) is 5.82. The Bertz CT molecular complexity index is 800. The van der Waals surface area contributed by atoms with E-state index >= 15 is 0 Å². The van der Waals surface area contributed by atoms with Crippen LogP contribution in [-0.2, 0) is 0 Å². The minimum atomic E-state index is -9.63. The first kappa shape index (κ1) is 20.1. The number of ether oxygens (including phenoxy) is 1. The van der Waals surface area contributed by atoms with Crippen LogP contribution in [0.5, 0.6) is 5.75 Å². The molecule has 0 aliphatic rings. The summed E-state index contributed by atoms with van der Waals surface area (Å²) in [5.41, 5.74) is 0.859. The molecule has 0 aromatic heterocycles. The van der Waals surface area contributed by atoms with Crippen molar-refractivity contribution in [3.63, 3.8) is 0 Å².